The van der Waals surface area contributed by atoms with Gasteiger partial charge in [-0.3, -0.25) is 0 Å². The first-order chi connectivity index (χ1) is 10.1. The van der Waals surface area contributed by atoms with E-state index in [1.165, 1.54) is 0 Å². The van der Waals surface area contributed by atoms with Gasteiger partial charge in [-0.15, -0.1) is 0 Å². The quantitative estimate of drug-likeness (QED) is 0.778. The molecule has 2 rings (SSSR count). The lowest BCUT2D eigenvalue weighted by Crippen LogP contribution is -2.48. The van der Waals surface area contributed by atoms with Crippen LogP contribution in [0.4, 0.5) is 0 Å². The Morgan fingerprint density at radius 3 is 2.43 bits per heavy atom. The Hall–Kier alpha value is -0.610. The zero-order chi connectivity index (χ0) is 15.3. The Morgan fingerprint density at radius 1 is 1.24 bits per heavy atom. The van der Waals surface area contributed by atoms with E-state index in [9.17, 15) is 0 Å². The summed E-state index contributed by atoms with van der Waals surface area (Å²) in [5.74, 6) is 0.457. The van der Waals surface area contributed by atoms with Crippen molar-refractivity contribution >= 4 is 11.6 Å². The van der Waals surface area contributed by atoms with E-state index < -0.39 is 5.60 Å². The first kappa shape index (κ1) is 16.8. The molecule has 21 heavy (non-hydrogen) atoms. The largest absolute Gasteiger partial charge is 0.366 e. The minimum absolute atomic E-state index is 0.100. The molecule has 0 spiro atoms. The molecule has 1 heterocycles. The number of hydrogen-bond acceptors (Lipinski definition) is 3. The second kappa shape index (κ2) is 7.59. The summed E-state index contributed by atoms with van der Waals surface area (Å²) in [5.41, 5.74) is 0.573. The van der Waals surface area contributed by atoms with Crippen LogP contribution in [0.3, 0.4) is 0 Å². The van der Waals surface area contributed by atoms with E-state index in [0.717, 1.165) is 23.4 Å². The summed E-state index contributed by atoms with van der Waals surface area (Å²) in [4.78, 5) is 0. The van der Waals surface area contributed by atoms with Gasteiger partial charge >= 0.3 is 0 Å². The summed E-state index contributed by atoms with van der Waals surface area (Å²) < 4.78 is 17.8. The molecule has 0 N–H and O–H groups in total. The summed E-state index contributed by atoms with van der Waals surface area (Å²) in [6.07, 6.45) is 2.04. The van der Waals surface area contributed by atoms with Crippen LogP contribution in [0.1, 0.15) is 39.2 Å². The predicted octanol–water partition coefficient (Wildman–Crippen LogP) is 4.42. The van der Waals surface area contributed by atoms with Gasteiger partial charge in [-0.1, -0.05) is 43.6 Å². The Labute approximate surface area is 132 Å². The molecule has 1 aromatic carbocycles. The van der Waals surface area contributed by atoms with Crippen LogP contribution in [0.5, 0.6) is 0 Å². The second-order valence-corrected chi connectivity index (χ2v) is 6.30. The maximum absolute atomic E-state index is 6.15. The van der Waals surface area contributed by atoms with Crippen LogP contribution in [-0.2, 0) is 20.8 Å². The zero-order valence-corrected chi connectivity index (χ0v) is 13.9. The average molecular weight is 313 g/mol. The fourth-order valence-corrected chi connectivity index (χ4v) is 2.69. The lowest BCUT2D eigenvalue weighted by Gasteiger charge is -2.39. The van der Waals surface area contributed by atoms with Crippen LogP contribution in [0.25, 0.3) is 0 Å². The van der Waals surface area contributed by atoms with Crippen molar-refractivity contribution in [2.75, 3.05) is 13.2 Å². The van der Waals surface area contributed by atoms with Crippen molar-refractivity contribution in [1.82, 2.24) is 0 Å². The molecule has 118 valence electrons. The Kier molecular flexibility index (Phi) is 6.06. The molecule has 0 saturated carbocycles. The van der Waals surface area contributed by atoms with E-state index in [4.69, 9.17) is 25.8 Å². The van der Waals surface area contributed by atoms with Crippen molar-refractivity contribution in [3.05, 3.63) is 34.9 Å². The van der Waals surface area contributed by atoms with Gasteiger partial charge in [0.15, 0.2) is 6.29 Å². The van der Waals surface area contributed by atoms with Crippen LogP contribution in [0.2, 0.25) is 5.02 Å². The third-order valence-corrected chi connectivity index (χ3v) is 4.44. The smallest absolute Gasteiger partial charge is 0.160 e. The van der Waals surface area contributed by atoms with Gasteiger partial charge in [0.05, 0.1) is 19.8 Å². The monoisotopic (exact) mass is 312 g/mol. The highest BCUT2D eigenvalue weighted by Gasteiger charge is 2.36. The number of rotatable bonds is 6. The topological polar surface area (TPSA) is 27.7 Å². The van der Waals surface area contributed by atoms with Gasteiger partial charge in [0.25, 0.3) is 0 Å². The molecule has 0 radical (unpaired) electrons. The fourth-order valence-electron chi connectivity index (χ4n) is 2.50. The predicted molar refractivity (Wildman–Crippen MR) is 84.4 cm³/mol. The minimum Gasteiger partial charge on any atom is -0.366 e. The van der Waals surface area contributed by atoms with E-state index in [2.05, 4.69) is 13.8 Å². The van der Waals surface area contributed by atoms with E-state index >= 15 is 0 Å². The summed E-state index contributed by atoms with van der Waals surface area (Å²) in [6, 6.07) is 7.73. The first-order valence-electron chi connectivity index (χ1n) is 7.68. The molecular weight excluding hydrogens is 288 g/mol. The lowest BCUT2D eigenvalue weighted by molar-refractivity contribution is -0.279. The molecule has 0 atom stereocenters. The molecule has 0 amide bonds. The normalized spacial score (nSPS) is 26.2. The summed E-state index contributed by atoms with van der Waals surface area (Å²) in [5, 5.41) is 0.730. The fraction of sp³-hybridized carbons (Fsp3) is 0.647. The van der Waals surface area contributed by atoms with Crippen LogP contribution < -0.4 is 0 Å². The molecule has 1 aromatic rings. The number of hydrogen-bond donors (Lipinski definition) is 0. The SMILES string of the molecule is CCC(CC)C1OCC(C)(OCc2ccccc2Cl)CO1. The molecular formula is C17H25ClO3. The highest BCUT2D eigenvalue weighted by Crippen LogP contribution is 2.28. The maximum atomic E-state index is 6.15. The van der Waals surface area contributed by atoms with Crippen molar-refractivity contribution in [2.24, 2.45) is 5.92 Å². The Balaban J connectivity index is 1.86. The third kappa shape index (κ3) is 4.43. The van der Waals surface area contributed by atoms with Crippen LogP contribution in [-0.4, -0.2) is 25.1 Å². The minimum atomic E-state index is -0.415. The summed E-state index contributed by atoms with van der Waals surface area (Å²) in [7, 11) is 0. The third-order valence-electron chi connectivity index (χ3n) is 4.07. The van der Waals surface area contributed by atoms with Gasteiger partial charge in [0.1, 0.15) is 5.60 Å². The standard InChI is InChI=1S/C17H25ClO3/c1-4-13(5-2)16-19-11-17(3,12-20-16)21-10-14-8-6-7-9-15(14)18/h6-9,13,16H,4-5,10-12H2,1-3H3. The van der Waals surface area contributed by atoms with Gasteiger partial charge in [0.2, 0.25) is 0 Å². The molecule has 1 aliphatic heterocycles. The van der Waals surface area contributed by atoms with Gasteiger partial charge in [-0.25, -0.2) is 0 Å². The zero-order valence-electron chi connectivity index (χ0n) is 13.1. The molecule has 0 bridgehead atoms. The van der Waals surface area contributed by atoms with Gasteiger partial charge < -0.3 is 14.2 Å². The van der Waals surface area contributed by atoms with Gasteiger partial charge in [0, 0.05) is 10.9 Å². The van der Waals surface area contributed by atoms with Crippen molar-refractivity contribution in [2.45, 2.75) is 52.1 Å². The van der Waals surface area contributed by atoms with E-state index in [1.54, 1.807) is 0 Å². The van der Waals surface area contributed by atoms with Crippen molar-refractivity contribution in [3.8, 4) is 0 Å². The van der Waals surface area contributed by atoms with E-state index in [-0.39, 0.29) is 6.29 Å². The van der Waals surface area contributed by atoms with Crippen LogP contribution >= 0.6 is 11.6 Å². The molecule has 0 unspecified atom stereocenters. The highest BCUT2D eigenvalue weighted by molar-refractivity contribution is 6.31. The molecule has 1 aliphatic rings. The molecule has 4 heteroatoms. The number of benzene rings is 1. The van der Waals surface area contributed by atoms with Crippen molar-refractivity contribution in [3.63, 3.8) is 0 Å². The van der Waals surface area contributed by atoms with Gasteiger partial charge in [-0.05, 0) is 31.4 Å². The number of halogens is 1. The molecule has 1 fully saturated rings. The average Bonchev–Trinajstić information content (AvgIpc) is 2.50. The van der Waals surface area contributed by atoms with E-state index in [0.29, 0.717) is 25.7 Å². The molecule has 0 aliphatic carbocycles. The highest BCUT2D eigenvalue weighted by atomic mass is 35.5. The molecule has 3 nitrogen and oxygen atoms in total. The molecule has 1 saturated heterocycles. The summed E-state index contributed by atoms with van der Waals surface area (Å²) >= 11 is 6.15. The van der Waals surface area contributed by atoms with Crippen LogP contribution in [0, 0.1) is 5.92 Å². The second-order valence-electron chi connectivity index (χ2n) is 5.90. The van der Waals surface area contributed by atoms with Crippen LogP contribution in [0.15, 0.2) is 24.3 Å². The Morgan fingerprint density at radius 2 is 1.86 bits per heavy atom. The van der Waals surface area contributed by atoms with Crippen molar-refractivity contribution in [1.29, 1.82) is 0 Å². The van der Waals surface area contributed by atoms with Crippen molar-refractivity contribution < 1.29 is 14.2 Å². The molecule has 0 aromatic heterocycles. The summed E-state index contributed by atoms with van der Waals surface area (Å²) in [6.45, 7) is 7.94. The maximum Gasteiger partial charge on any atom is 0.160 e. The van der Waals surface area contributed by atoms with E-state index in [1.807, 2.05) is 31.2 Å². The first-order valence-corrected chi connectivity index (χ1v) is 8.06. The Bertz CT molecular complexity index is 437. The number of ether oxygens (including phenoxy) is 3. The lowest BCUT2D eigenvalue weighted by atomic mass is 10.0. The van der Waals surface area contributed by atoms with Gasteiger partial charge in [-0.2, -0.15) is 0 Å².